The Morgan fingerprint density at radius 1 is 1.00 bits per heavy atom. The topological polar surface area (TPSA) is 43.4 Å². The molecule has 0 radical (unpaired) electrons. The number of hydrogen-bond donors (Lipinski definition) is 0. The lowest BCUT2D eigenvalue weighted by Gasteiger charge is -2.14. The highest BCUT2D eigenvalue weighted by molar-refractivity contribution is 7.98. The van der Waals surface area contributed by atoms with Gasteiger partial charge in [-0.15, -0.1) is 11.8 Å². The van der Waals surface area contributed by atoms with Gasteiger partial charge in [0.2, 0.25) is 0 Å². The van der Waals surface area contributed by atoms with Gasteiger partial charge < -0.3 is 4.18 Å². The van der Waals surface area contributed by atoms with Gasteiger partial charge in [-0.3, -0.25) is 0 Å². The summed E-state index contributed by atoms with van der Waals surface area (Å²) in [5, 5.41) is 1.43. The number of fused-ring (bicyclic) bond motifs is 1. The third-order valence-corrected chi connectivity index (χ3v) is 4.94. The lowest BCUT2D eigenvalue weighted by atomic mass is 10.0. The predicted molar refractivity (Wildman–Crippen MR) is 80.8 cm³/mol. The second-order valence-electron chi connectivity index (χ2n) is 4.77. The molecule has 22 heavy (non-hydrogen) atoms. The molecule has 0 unspecified atom stereocenters. The van der Waals surface area contributed by atoms with Crippen molar-refractivity contribution in [1.82, 2.24) is 0 Å². The summed E-state index contributed by atoms with van der Waals surface area (Å²) in [6.07, 6.45) is 1.63. The van der Waals surface area contributed by atoms with Gasteiger partial charge in [-0.25, -0.2) is 0 Å². The Balaban J connectivity index is 2.61. The molecule has 120 valence electrons. The highest BCUT2D eigenvalue weighted by Gasteiger charge is 2.48. The minimum absolute atomic E-state index is 0.319. The van der Waals surface area contributed by atoms with E-state index in [-0.39, 0.29) is 5.75 Å². The van der Waals surface area contributed by atoms with Gasteiger partial charge in [0.05, 0.1) is 4.90 Å². The van der Waals surface area contributed by atoms with Gasteiger partial charge in [0, 0.05) is 0 Å². The summed E-state index contributed by atoms with van der Waals surface area (Å²) in [6, 6.07) is 6.61. The third kappa shape index (κ3) is 3.17. The molecule has 0 bridgehead atoms. The number of halogens is 3. The van der Waals surface area contributed by atoms with Crippen LogP contribution in [0, 0.1) is 13.8 Å². The van der Waals surface area contributed by atoms with Crippen LogP contribution in [0.5, 0.6) is 5.75 Å². The van der Waals surface area contributed by atoms with Crippen LogP contribution in [-0.4, -0.2) is 20.2 Å². The Hall–Kier alpha value is -1.41. The van der Waals surface area contributed by atoms with Crippen LogP contribution in [-0.2, 0) is 10.1 Å². The van der Waals surface area contributed by atoms with Gasteiger partial charge in [-0.1, -0.05) is 12.1 Å². The van der Waals surface area contributed by atoms with Crippen molar-refractivity contribution in [2.24, 2.45) is 0 Å². The molecule has 0 atom stereocenters. The van der Waals surface area contributed by atoms with Gasteiger partial charge in [0.1, 0.15) is 0 Å². The first-order valence-electron chi connectivity index (χ1n) is 6.15. The largest absolute Gasteiger partial charge is 0.534 e. The SMILES string of the molecule is CSc1cc2cc(C)c(C)cc2cc1OS(=O)(=O)C(F)(F)F. The second-order valence-corrected chi connectivity index (χ2v) is 7.16. The van der Waals surface area contributed by atoms with Crippen LogP contribution in [0.3, 0.4) is 0 Å². The summed E-state index contributed by atoms with van der Waals surface area (Å²) in [7, 11) is -5.68. The Labute approximate surface area is 130 Å². The number of aryl methyl sites for hydroxylation is 2. The maximum absolute atomic E-state index is 12.5. The van der Waals surface area contributed by atoms with Crippen LogP contribution in [0.25, 0.3) is 10.8 Å². The monoisotopic (exact) mass is 350 g/mol. The molecule has 0 N–H and O–H groups in total. The average Bonchev–Trinajstić information content (AvgIpc) is 2.38. The number of rotatable bonds is 3. The Kier molecular flexibility index (Phi) is 4.36. The van der Waals surface area contributed by atoms with E-state index < -0.39 is 15.6 Å². The van der Waals surface area contributed by atoms with E-state index in [0.29, 0.717) is 10.3 Å². The molecule has 0 aliphatic heterocycles. The van der Waals surface area contributed by atoms with Crippen LogP contribution in [0.2, 0.25) is 0 Å². The van der Waals surface area contributed by atoms with E-state index in [1.54, 1.807) is 18.4 Å². The maximum atomic E-state index is 12.5. The lowest BCUT2D eigenvalue weighted by Crippen LogP contribution is -2.28. The van der Waals surface area contributed by atoms with Crippen LogP contribution in [0.4, 0.5) is 13.2 Å². The Morgan fingerprint density at radius 2 is 1.50 bits per heavy atom. The van der Waals surface area contributed by atoms with E-state index in [1.807, 2.05) is 19.9 Å². The van der Waals surface area contributed by atoms with Crippen LogP contribution in [0.1, 0.15) is 11.1 Å². The second kappa shape index (κ2) is 5.66. The molecule has 2 aromatic carbocycles. The first-order valence-corrected chi connectivity index (χ1v) is 8.78. The van der Waals surface area contributed by atoms with E-state index in [2.05, 4.69) is 4.18 Å². The smallest absolute Gasteiger partial charge is 0.375 e. The van der Waals surface area contributed by atoms with Gasteiger partial charge in [0.25, 0.3) is 0 Å². The van der Waals surface area contributed by atoms with Gasteiger partial charge >= 0.3 is 15.6 Å². The quantitative estimate of drug-likeness (QED) is 0.467. The molecule has 8 heteroatoms. The standard InChI is InChI=1S/C14H13F3O3S2/c1-8-4-10-6-12(20-22(18,19)14(15,16)17)13(21-3)7-11(10)5-9(8)2/h4-7H,1-3H3. The van der Waals surface area contributed by atoms with Crippen molar-refractivity contribution in [2.75, 3.05) is 6.26 Å². The van der Waals surface area contributed by atoms with Crippen molar-refractivity contribution in [3.8, 4) is 5.75 Å². The van der Waals surface area contributed by atoms with Crippen LogP contribution < -0.4 is 4.18 Å². The van der Waals surface area contributed by atoms with E-state index in [4.69, 9.17) is 0 Å². The Bertz CT molecular complexity index is 827. The van der Waals surface area contributed by atoms with Gasteiger partial charge in [-0.2, -0.15) is 21.6 Å². The van der Waals surface area contributed by atoms with Crippen LogP contribution in [0.15, 0.2) is 29.2 Å². The molecule has 0 aliphatic carbocycles. The van der Waals surface area contributed by atoms with Crippen molar-refractivity contribution in [3.63, 3.8) is 0 Å². The number of alkyl halides is 3. The molecule has 0 spiro atoms. The molecule has 3 nitrogen and oxygen atoms in total. The summed E-state index contributed by atoms with van der Waals surface area (Å²) in [6.45, 7) is 3.79. The molecule has 0 amide bonds. The number of benzene rings is 2. The highest BCUT2D eigenvalue weighted by Crippen LogP contribution is 2.36. The molecular formula is C14H13F3O3S2. The van der Waals surface area contributed by atoms with Crippen molar-refractivity contribution in [1.29, 1.82) is 0 Å². The van der Waals surface area contributed by atoms with E-state index >= 15 is 0 Å². The van der Waals surface area contributed by atoms with Crippen molar-refractivity contribution < 1.29 is 25.8 Å². The van der Waals surface area contributed by atoms with Crippen LogP contribution >= 0.6 is 11.8 Å². The molecular weight excluding hydrogens is 337 g/mol. The molecule has 0 saturated carbocycles. The summed E-state index contributed by atoms with van der Waals surface area (Å²) in [4.78, 5) is 0.323. The minimum atomic E-state index is -5.68. The molecule has 2 aromatic rings. The Morgan fingerprint density at radius 3 is 1.95 bits per heavy atom. The first-order chi connectivity index (χ1) is 10.0. The fourth-order valence-electron chi connectivity index (χ4n) is 1.93. The van der Waals surface area contributed by atoms with Crippen molar-refractivity contribution in [3.05, 3.63) is 35.4 Å². The first kappa shape index (κ1) is 17.0. The molecule has 0 saturated heterocycles. The lowest BCUT2D eigenvalue weighted by molar-refractivity contribution is -0.0500. The minimum Gasteiger partial charge on any atom is -0.375 e. The summed E-state index contributed by atoms with van der Waals surface area (Å²) in [5.41, 5.74) is -3.47. The zero-order valence-electron chi connectivity index (χ0n) is 12.0. The summed E-state index contributed by atoms with van der Waals surface area (Å²) < 4.78 is 64.1. The van der Waals surface area contributed by atoms with Gasteiger partial charge in [0.15, 0.2) is 5.75 Å². The number of hydrogen-bond acceptors (Lipinski definition) is 4. The summed E-state index contributed by atoms with van der Waals surface area (Å²) in [5.74, 6) is -0.319. The van der Waals surface area contributed by atoms with E-state index in [0.717, 1.165) is 28.3 Å². The van der Waals surface area contributed by atoms with E-state index in [9.17, 15) is 21.6 Å². The molecule has 0 heterocycles. The maximum Gasteiger partial charge on any atom is 0.534 e. The number of thioether (sulfide) groups is 1. The molecule has 0 fully saturated rings. The molecule has 0 aromatic heterocycles. The zero-order valence-corrected chi connectivity index (χ0v) is 13.6. The zero-order chi connectivity index (χ0) is 16.7. The summed E-state index contributed by atoms with van der Waals surface area (Å²) >= 11 is 1.11. The third-order valence-electron chi connectivity index (χ3n) is 3.22. The van der Waals surface area contributed by atoms with Gasteiger partial charge in [-0.05, 0) is 54.1 Å². The fraction of sp³-hybridized carbons (Fsp3) is 0.286. The van der Waals surface area contributed by atoms with Crippen molar-refractivity contribution >= 4 is 32.7 Å². The van der Waals surface area contributed by atoms with E-state index in [1.165, 1.54) is 6.07 Å². The normalized spacial score (nSPS) is 12.6. The predicted octanol–water partition coefficient (Wildman–Crippen LogP) is 4.41. The molecule has 0 aliphatic rings. The molecule has 2 rings (SSSR count). The fourth-order valence-corrected chi connectivity index (χ4v) is 2.99. The highest BCUT2D eigenvalue weighted by atomic mass is 32.2. The van der Waals surface area contributed by atoms with Crippen molar-refractivity contribution in [2.45, 2.75) is 24.3 Å². The average molecular weight is 350 g/mol.